The number of aliphatic hydroxyl groups is 1. The van der Waals surface area contributed by atoms with Crippen LogP contribution in [0.5, 0.6) is 0 Å². The first-order chi connectivity index (χ1) is 11.0. The molecule has 3 nitrogen and oxygen atoms in total. The molecule has 0 saturated heterocycles. The van der Waals surface area contributed by atoms with Crippen LogP contribution in [0.2, 0.25) is 0 Å². The van der Waals surface area contributed by atoms with E-state index in [9.17, 15) is 40.2 Å². The summed E-state index contributed by atoms with van der Waals surface area (Å²) < 4.78 is 107. The van der Waals surface area contributed by atoms with Crippen molar-refractivity contribution >= 4 is 0 Å². The molecule has 2 aliphatic rings. The Balaban J connectivity index is 2.11. The van der Waals surface area contributed by atoms with Gasteiger partial charge in [-0.2, -0.15) is 27.1 Å². The molecular formula is C13H12F8N2O. The van der Waals surface area contributed by atoms with Crippen LogP contribution in [0, 0.1) is 0 Å². The summed E-state index contributed by atoms with van der Waals surface area (Å²) in [4.78, 5) is 0. The SMILES string of the molecule is O[C@H]1c2c(C(F)(F)F)nn([C@@H]3CC[C@@H](F)[C@@H](F)C3)c2[C@@H](F)C1(F)F. The Morgan fingerprint density at radius 2 is 1.71 bits per heavy atom. The highest BCUT2D eigenvalue weighted by Gasteiger charge is 2.62. The summed E-state index contributed by atoms with van der Waals surface area (Å²) >= 11 is 0. The number of nitrogens with zero attached hydrogens (tertiary/aromatic N) is 2. The Kier molecular flexibility index (Phi) is 3.85. The van der Waals surface area contributed by atoms with Gasteiger partial charge in [0.05, 0.1) is 11.7 Å². The van der Waals surface area contributed by atoms with E-state index in [0.717, 1.165) is 0 Å². The molecule has 11 heteroatoms. The van der Waals surface area contributed by atoms with Gasteiger partial charge in [0.1, 0.15) is 18.4 Å². The minimum absolute atomic E-state index is 0.179. The molecule has 1 heterocycles. The van der Waals surface area contributed by atoms with Crippen LogP contribution in [0.25, 0.3) is 0 Å². The van der Waals surface area contributed by atoms with Crippen molar-refractivity contribution in [3.05, 3.63) is 17.0 Å². The van der Waals surface area contributed by atoms with Gasteiger partial charge in [-0.3, -0.25) is 4.68 Å². The average Bonchev–Trinajstić information content (AvgIpc) is 2.94. The van der Waals surface area contributed by atoms with Gasteiger partial charge in [0.15, 0.2) is 5.69 Å². The van der Waals surface area contributed by atoms with E-state index in [1.807, 2.05) is 0 Å². The minimum Gasteiger partial charge on any atom is -0.382 e. The van der Waals surface area contributed by atoms with E-state index in [1.165, 1.54) is 0 Å². The second kappa shape index (κ2) is 5.30. The summed E-state index contributed by atoms with van der Waals surface area (Å²) in [5.74, 6) is -4.46. The molecule has 1 aromatic heterocycles. The molecule has 1 N–H and O–H groups in total. The lowest BCUT2D eigenvalue weighted by Gasteiger charge is -2.29. The number of alkyl halides is 8. The van der Waals surface area contributed by atoms with Crippen molar-refractivity contribution in [1.82, 2.24) is 9.78 Å². The first-order valence-corrected chi connectivity index (χ1v) is 7.13. The van der Waals surface area contributed by atoms with Crippen molar-refractivity contribution in [1.29, 1.82) is 0 Å². The lowest BCUT2D eigenvalue weighted by molar-refractivity contribution is -0.157. The van der Waals surface area contributed by atoms with Crippen LogP contribution in [0.4, 0.5) is 35.1 Å². The molecule has 1 aromatic rings. The maximum absolute atomic E-state index is 14.0. The van der Waals surface area contributed by atoms with Crippen molar-refractivity contribution in [2.24, 2.45) is 0 Å². The van der Waals surface area contributed by atoms with Gasteiger partial charge in [0, 0.05) is 12.0 Å². The third kappa shape index (κ3) is 2.39. The predicted molar refractivity (Wildman–Crippen MR) is 63.7 cm³/mol. The summed E-state index contributed by atoms with van der Waals surface area (Å²) in [7, 11) is 0. The van der Waals surface area contributed by atoms with Gasteiger partial charge >= 0.3 is 12.1 Å². The highest BCUT2D eigenvalue weighted by atomic mass is 19.4. The van der Waals surface area contributed by atoms with E-state index in [1.54, 1.807) is 0 Å². The Hall–Kier alpha value is -1.39. The maximum atomic E-state index is 14.0. The normalized spacial score (nSPS) is 36.0. The third-order valence-corrected chi connectivity index (χ3v) is 4.48. The van der Waals surface area contributed by atoms with Gasteiger partial charge in [-0.1, -0.05) is 0 Å². The summed E-state index contributed by atoms with van der Waals surface area (Å²) in [5, 5.41) is 12.6. The lowest BCUT2D eigenvalue weighted by Crippen LogP contribution is -2.32. The Morgan fingerprint density at radius 3 is 2.25 bits per heavy atom. The van der Waals surface area contributed by atoms with Crippen LogP contribution in [-0.2, 0) is 6.18 Å². The van der Waals surface area contributed by atoms with Crippen molar-refractivity contribution < 1.29 is 40.2 Å². The molecule has 0 spiro atoms. The summed E-state index contributed by atoms with van der Waals surface area (Å²) in [6.07, 6.45) is -16.4. The van der Waals surface area contributed by atoms with E-state index in [4.69, 9.17) is 0 Å². The minimum atomic E-state index is -5.21. The highest BCUT2D eigenvalue weighted by molar-refractivity contribution is 5.40. The van der Waals surface area contributed by atoms with Gasteiger partial charge in [0.25, 0.3) is 0 Å². The molecule has 1 fully saturated rings. The van der Waals surface area contributed by atoms with E-state index in [2.05, 4.69) is 5.10 Å². The van der Waals surface area contributed by atoms with Crippen LogP contribution in [-0.4, -0.2) is 33.2 Å². The molecule has 5 atom stereocenters. The smallest absolute Gasteiger partial charge is 0.382 e. The first-order valence-electron chi connectivity index (χ1n) is 7.13. The van der Waals surface area contributed by atoms with Gasteiger partial charge in [-0.15, -0.1) is 0 Å². The number of aromatic nitrogens is 2. The van der Waals surface area contributed by atoms with Crippen LogP contribution < -0.4 is 0 Å². The fourth-order valence-corrected chi connectivity index (χ4v) is 3.26. The van der Waals surface area contributed by atoms with E-state index < -0.39 is 66.1 Å². The number of halogens is 8. The molecule has 2 aliphatic carbocycles. The molecule has 3 rings (SSSR count). The van der Waals surface area contributed by atoms with E-state index >= 15 is 0 Å². The van der Waals surface area contributed by atoms with E-state index in [0.29, 0.717) is 4.68 Å². The van der Waals surface area contributed by atoms with E-state index in [-0.39, 0.29) is 12.8 Å². The molecule has 0 radical (unpaired) electrons. The monoisotopic (exact) mass is 364 g/mol. The van der Waals surface area contributed by atoms with Gasteiger partial charge in [-0.05, 0) is 12.8 Å². The van der Waals surface area contributed by atoms with Crippen LogP contribution in [0.15, 0.2) is 0 Å². The molecule has 0 unspecified atom stereocenters. The Bertz CT molecular complexity index is 643. The third-order valence-electron chi connectivity index (χ3n) is 4.48. The van der Waals surface area contributed by atoms with Crippen molar-refractivity contribution in [3.8, 4) is 0 Å². The summed E-state index contributed by atoms with van der Waals surface area (Å²) in [5.41, 5.74) is -4.28. The quantitative estimate of drug-likeness (QED) is 0.765. The largest absolute Gasteiger partial charge is 0.435 e. The lowest BCUT2D eigenvalue weighted by atomic mass is 9.92. The Morgan fingerprint density at radius 1 is 1.08 bits per heavy atom. The molecule has 24 heavy (non-hydrogen) atoms. The standard InChI is InChI=1S/C13H12F8N2O/c14-5-2-1-4(3-6(5)15)23-8-7(10(22-23)13(19,20)21)11(24)12(17,18)9(8)16/h4-6,9,11,24H,1-3H2/t4-,5-,6+,9-,11+/m1/s1. The fraction of sp³-hybridized carbons (Fsp3) is 0.769. The summed E-state index contributed by atoms with van der Waals surface area (Å²) in [6, 6.07) is -1.20. The van der Waals surface area contributed by atoms with Crippen molar-refractivity contribution in [2.75, 3.05) is 0 Å². The van der Waals surface area contributed by atoms with Crippen molar-refractivity contribution in [2.45, 2.75) is 62.0 Å². The number of aliphatic hydroxyl groups excluding tert-OH is 1. The Labute approximate surface area is 130 Å². The second-order valence-corrected chi connectivity index (χ2v) is 6.03. The number of hydrogen-bond donors (Lipinski definition) is 1. The van der Waals surface area contributed by atoms with Gasteiger partial charge < -0.3 is 5.11 Å². The van der Waals surface area contributed by atoms with Gasteiger partial charge in [-0.25, -0.2) is 13.2 Å². The molecule has 0 aromatic carbocycles. The first kappa shape index (κ1) is 17.4. The maximum Gasteiger partial charge on any atom is 0.435 e. The average molecular weight is 364 g/mol. The fourth-order valence-electron chi connectivity index (χ4n) is 3.26. The topological polar surface area (TPSA) is 38.1 Å². The number of rotatable bonds is 1. The van der Waals surface area contributed by atoms with Crippen LogP contribution >= 0.6 is 0 Å². The molecular weight excluding hydrogens is 352 g/mol. The molecule has 0 bridgehead atoms. The predicted octanol–water partition coefficient (Wildman–Crippen LogP) is 4.00. The molecule has 136 valence electrons. The zero-order chi connectivity index (χ0) is 18.0. The number of fused-ring (bicyclic) bond motifs is 1. The zero-order valence-electron chi connectivity index (χ0n) is 11.9. The highest BCUT2D eigenvalue weighted by Crippen LogP contribution is 2.56. The zero-order valence-corrected chi connectivity index (χ0v) is 11.9. The molecule has 0 aliphatic heterocycles. The summed E-state index contributed by atoms with van der Waals surface area (Å²) in [6.45, 7) is 0. The molecule has 1 saturated carbocycles. The van der Waals surface area contributed by atoms with Gasteiger partial charge in [0.2, 0.25) is 6.17 Å². The number of hydrogen-bond acceptors (Lipinski definition) is 2. The molecule has 0 amide bonds. The second-order valence-electron chi connectivity index (χ2n) is 6.03. The van der Waals surface area contributed by atoms with Crippen molar-refractivity contribution in [3.63, 3.8) is 0 Å². The van der Waals surface area contributed by atoms with Crippen LogP contribution in [0.1, 0.15) is 54.5 Å². The van der Waals surface area contributed by atoms with Crippen LogP contribution in [0.3, 0.4) is 0 Å².